The summed E-state index contributed by atoms with van der Waals surface area (Å²) in [5, 5.41) is 4.48. The maximum Gasteiger partial charge on any atom is 0.277 e. The summed E-state index contributed by atoms with van der Waals surface area (Å²) in [4.78, 5) is 19.3. The average molecular weight is 478 g/mol. The molecule has 0 saturated carbocycles. The van der Waals surface area contributed by atoms with E-state index in [1.165, 1.54) is 5.56 Å². The lowest BCUT2D eigenvalue weighted by Gasteiger charge is -2.32. The number of benzene rings is 1. The largest absolute Gasteiger partial charge is 0.305 e. The van der Waals surface area contributed by atoms with Crippen LogP contribution in [0.3, 0.4) is 0 Å². The van der Waals surface area contributed by atoms with Crippen molar-refractivity contribution in [2.75, 3.05) is 11.4 Å². The van der Waals surface area contributed by atoms with Gasteiger partial charge in [0.15, 0.2) is 0 Å². The van der Waals surface area contributed by atoms with E-state index in [9.17, 15) is 4.79 Å². The van der Waals surface area contributed by atoms with Crippen LogP contribution >= 0.6 is 36.1 Å². The van der Waals surface area contributed by atoms with E-state index in [0.29, 0.717) is 12.2 Å². The number of aryl methyl sites for hydroxylation is 1. The first-order valence-electron chi connectivity index (χ1n) is 8.12. The van der Waals surface area contributed by atoms with E-state index in [0.717, 1.165) is 20.5 Å². The number of anilines is 1. The standard InChI is InChI=1S/C19H17IN4O.H2S/c1-12-3-5-15(6-4-12)23-11-13(2)24-18(19(23)25)16(10-22-24)14-7-8-21-17(20)9-14;/h3-10,13H,11H2,1-2H3;1H2/t13-;/m0./s1. The molecule has 5 nitrogen and oxygen atoms in total. The highest BCUT2D eigenvalue weighted by atomic mass is 127. The molecule has 1 atom stereocenters. The van der Waals surface area contributed by atoms with Crippen molar-refractivity contribution in [3.63, 3.8) is 0 Å². The molecule has 1 aliphatic heterocycles. The molecule has 0 radical (unpaired) electrons. The van der Waals surface area contributed by atoms with Crippen LogP contribution in [0.1, 0.15) is 29.0 Å². The molecule has 0 bridgehead atoms. The van der Waals surface area contributed by atoms with Gasteiger partial charge in [0, 0.05) is 24.0 Å². The molecule has 0 fully saturated rings. The lowest BCUT2D eigenvalue weighted by Crippen LogP contribution is -2.42. The van der Waals surface area contributed by atoms with E-state index in [1.807, 2.05) is 52.9 Å². The van der Waals surface area contributed by atoms with Crippen molar-refractivity contribution in [2.24, 2.45) is 0 Å². The number of hydrogen-bond donors (Lipinski definition) is 0. The maximum atomic E-state index is 13.2. The van der Waals surface area contributed by atoms with Gasteiger partial charge in [-0.15, -0.1) is 0 Å². The average Bonchev–Trinajstić information content (AvgIpc) is 3.05. The highest BCUT2D eigenvalue weighted by Crippen LogP contribution is 2.32. The Bertz CT molecular complexity index is 954. The van der Waals surface area contributed by atoms with Crippen molar-refractivity contribution in [1.82, 2.24) is 14.8 Å². The minimum absolute atomic E-state index is 0. The van der Waals surface area contributed by atoms with Crippen LogP contribution in [0.4, 0.5) is 5.69 Å². The zero-order valence-corrected chi connectivity index (χ0v) is 17.6. The number of hydrogen-bond acceptors (Lipinski definition) is 3. The summed E-state index contributed by atoms with van der Waals surface area (Å²) in [5.74, 6) is -0.0127. The van der Waals surface area contributed by atoms with Crippen molar-refractivity contribution in [1.29, 1.82) is 0 Å². The van der Waals surface area contributed by atoms with E-state index in [2.05, 4.69) is 39.6 Å². The fourth-order valence-corrected chi connectivity index (χ4v) is 3.69. The Morgan fingerprint density at radius 2 is 1.92 bits per heavy atom. The molecule has 0 saturated heterocycles. The lowest BCUT2D eigenvalue weighted by atomic mass is 10.0. The third-order valence-corrected chi connectivity index (χ3v) is 5.08. The molecule has 26 heavy (non-hydrogen) atoms. The van der Waals surface area contributed by atoms with Crippen LogP contribution in [0.15, 0.2) is 48.8 Å². The van der Waals surface area contributed by atoms with Crippen LogP contribution in [0.2, 0.25) is 0 Å². The molecule has 3 heterocycles. The van der Waals surface area contributed by atoms with E-state index in [4.69, 9.17) is 0 Å². The minimum Gasteiger partial charge on any atom is -0.305 e. The van der Waals surface area contributed by atoms with Gasteiger partial charge >= 0.3 is 0 Å². The second-order valence-electron chi connectivity index (χ2n) is 6.32. The Balaban J connectivity index is 0.00000196. The molecule has 0 aliphatic carbocycles. The van der Waals surface area contributed by atoms with Crippen LogP contribution in [0.25, 0.3) is 11.1 Å². The third kappa shape index (κ3) is 3.25. The van der Waals surface area contributed by atoms with Gasteiger partial charge in [-0.05, 0) is 66.3 Å². The number of rotatable bonds is 2. The number of amides is 1. The van der Waals surface area contributed by atoms with Gasteiger partial charge in [0.25, 0.3) is 5.91 Å². The Labute approximate surface area is 173 Å². The van der Waals surface area contributed by atoms with E-state index in [-0.39, 0.29) is 25.4 Å². The second-order valence-corrected chi connectivity index (χ2v) is 7.42. The van der Waals surface area contributed by atoms with Crippen LogP contribution < -0.4 is 4.90 Å². The lowest BCUT2D eigenvalue weighted by molar-refractivity contribution is 0.0954. The first kappa shape index (κ1) is 18.9. The van der Waals surface area contributed by atoms with Gasteiger partial charge < -0.3 is 4.90 Å². The van der Waals surface area contributed by atoms with E-state index in [1.54, 1.807) is 12.4 Å². The highest BCUT2D eigenvalue weighted by Gasteiger charge is 2.33. The fraction of sp³-hybridized carbons (Fsp3) is 0.211. The third-order valence-electron chi connectivity index (χ3n) is 4.49. The van der Waals surface area contributed by atoms with Gasteiger partial charge in [-0.1, -0.05) is 17.7 Å². The number of halogens is 1. The molecule has 1 amide bonds. The SMILES string of the molecule is Cc1ccc(N2C[C@H](C)n3ncc(-c4ccnc(I)c4)c3C2=O)cc1.S. The summed E-state index contributed by atoms with van der Waals surface area (Å²) in [5.41, 5.74) is 4.56. The molecule has 0 N–H and O–H groups in total. The monoisotopic (exact) mass is 478 g/mol. The van der Waals surface area contributed by atoms with Crippen molar-refractivity contribution >= 4 is 47.7 Å². The molecule has 0 spiro atoms. The molecular formula is C19H19IN4OS. The molecule has 134 valence electrons. The van der Waals surface area contributed by atoms with Crippen LogP contribution in [-0.4, -0.2) is 27.2 Å². The number of nitrogens with zero attached hydrogens (tertiary/aromatic N) is 4. The number of aromatic nitrogens is 3. The maximum absolute atomic E-state index is 13.2. The Morgan fingerprint density at radius 1 is 1.19 bits per heavy atom. The van der Waals surface area contributed by atoms with Crippen molar-refractivity contribution in [2.45, 2.75) is 19.9 Å². The summed E-state index contributed by atoms with van der Waals surface area (Å²) in [7, 11) is 0. The van der Waals surface area contributed by atoms with Gasteiger partial charge in [-0.2, -0.15) is 18.6 Å². The predicted octanol–water partition coefficient (Wildman–Crippen LogP) is 4.19. The van der Waals surface area contributed by atoms with Gasteiger partial charge in [0.2, 0.25) is 0 Å². The number of pyridine rings is 1. The summed E-state index contributed by atoms with van der Waals surface area (Å²) in [6.45, 7) is 4.75. The summed E-state index contributed by atoms with van der Waals surface area (Å²) in [6, 6.07) is 12.1. The summed E-state index contributed by atoms with van der Waals surface area (Å²) < 4.78 is 2.73. The molecule has 0 unspecified atom stereocenters. The first-order chi connectivity index (χ1) is 12.0. The quantitative estimate of drug-likeness (QED) is 0.410. The molecule has 3 aromatic rings. The predicted molar refractivity (Wildman–Crippen MR) is 116 cm³/mol. The van der Waals surface area contributed by atoms with Gasteiger partial charge in [-0.3, -0.25) is 14.5 Å². The molecular weight excluding hydrogens is 459 g/mol. The normalized spacial score (nSPS) is 16.2. The first-order valence-corrected chi connectivity index (χ1v) is 9.20. The molecule has 2 aromatic heterocycles. The molecule has 1 aromatic carbocycles. The second kappa shape index (κ2) is 7.40. The van der Waals surface area contributed by atoms with Gasteiger partial charge in [0.1, 0.15) is 9.39 Å². The summed E-state index contributed by atoms with van der Waals surface area (Å²) >= 11 is 2.18. The summed E-state index contributed by atoms with van der Waals surface area (Å²) in [6.07, 6.45) is 3.55. The number of carbonyl (C=O) groups excluding carboxylic acids is 1. The van der Waals surface area contributed by atoms with E-state index >= 15 is 0 Å². The van der Waals surface area contributed by atoms with Crippen molar-refractivity contribution in [3.8, 4) is 11.1 Å². The highest BCUT2D eigenvalue weighted by molar-refractivity contribution is 14.1. The van der Waals surface area contributed by atoms with Crippen molar-refractivity contribution in [3.05, 3.63) is 63.7 Å². The topological polar surface area (TPSA) is 51.0 Å². The van der Waals surface area contributed by atoms with E-state index < -0.39 is 0 Å². The Hall–Kier alpha value is -1.87. The fourth-order valence-electron chi connectivity index (χ4n) is 3.19. The Kier molecular flexibility index (Phi) is 5.38. The van der Waals surface area contributed by atoms with Crippen molar-refractivity contribution < 1.29 is 4.79 Å². The van der Waals surface area contributed by atoms with Crippen LogP contribution in [0.5, 0.6) is 0 Å². The number of carbonyl (C=O) groups is 1. The molecule has 4 rings (SSSR count). The number of fused-ring (bicyclic) bond motifs is 1. The zero-order valence-electron chi connectivity index (χ0n) is 14.5. The van der Waals surface area contributed by atoms with Crippen LogP contribution in [0, 0.1) is 10.6 Å². The van der Waals surface area contributed by atoms with Gasteiger partial charge in [-0.25, -0.2) is 0 Å². The molecule has 7 heteroatoms. The minimum atomic E-state index is -0.0127. The van der Waals surface area contributed by atoms with Crippen LogP contribution in [-0.2, 0) is 0 Å². The molecule has 1 aliphatic rings. The van der Waals surface area contributed by atoms with Gasteiger partial charge in [0.05, 0.1) is 12.2 Å². The smallest absolute Gasteiger partial charge is 0.277 e. The zero-order chi connectivity index (χ0) is 17.6. The Morgan fingerprint density at radius 3 is 2.62 bits per heavy atom.